The zero-order chi connectivity index (χ0) is 16.7. The van der Waals surface area contributed by atoms with Crippen molar-refractivity contribution in [2.75, 3.05) is 18.5 Å². The molecule has 8 heteroatoms. The third kappa shape index (κ3) is 5.84. The Kier molecular flexibility index (Phi) is 6.85. The smallest absolute Gasteiger partial charge is 0.250 e. The number of halogens is 2. The molecular weight excluding hydrogens is 359 g/mol. The number of carbonyl (C=O) groups excluding carboxylic acids is 2. The van der Waals surface area contributed by atoms with Crippen LogP contribution in [0.25, 0.3) is 0 Å². The van der Waals surface area contributed by atoms with Crippen molar-refractivity contribution < 1.29 is 14.3 Å². The summed E-state index contributed by atoms with van der Waals surface area (Å²) in [5.41, 5.74) is 0.398. The van der Waals surface area contributed by atoms with Crippen LogP contribution in [0, 0.1) is 0 Å². The molecule has 0 spiro atoms. The van der Waals surface area contributed by atoms with E-state index < -0.39 is 5.91 Å². The summed E-state index contributed by atoms with van der Waals surface area (Å²) in [5.74, 6) is -0.702. The lowest BCUT2D eigenvalue weighted by Gasteiger charge is -2.09. The lowest BCUT2D eigenvalue weighted by atomic mass is 10.3. The Morgan fingerprint density at radius 2 is 1.87 bits per heavy atom. The molecule has 1 aromatic carbocycles. The van der Waals surface area contributed by atoms with Gasteiger partial charge in [0, 0.05) is 4.88 Å². The van der Waals surface area contributed by atoms with E-state index in [0.29, 0.717) is 17.3 Å². The average Bonchev–Trinajstić information content (AvgIpc) is 3.03. The summed E-state index contributed by atoms with van der Waals surface area (Å²) in [7, 11) is 0. The SMILES string of the molecule is O=C(COCC(=O)Nc1cccc(Cl)c1Cl)NCc1cccs1. The molecule has 1 aromatic heterocycles. The average molecular weight is 373 g/mol. The second kappa shape index (κ2) is 8.88. The summed E-state index contributed by atoms with van der Waals surface area (Å²) in [5, 5.41) is 7.81. The maximum Gasteiger partial charge on any atom is 0.250 e. The van der Waals surface area contributed by atoms with E-state index in [-0.39, 0.29) is 24.1 Å². The van der Waals surface area contributed by atoms with Crippen molar-refractivity contribution in [1.29, 1.82) is 0 Å². The van der Waals surface area contributed by atoms with Gasteiger partial charge in [0.2, 0.25) is 11.8 Å². The van der Waals surface area contributed by atoms with Crippen LogP contribution in [0.1, 0.15) is 4.88 Å². The number of amides is 2. The molecule has 0 saturated heterocycles. The van der Waals surface area contributed by atoms with Crippen LogP contribution >= 0.6 is 34.5 Å². The largest absolute Gasteiger partial charge is 0.362 e. The molecule has 5 nitrogen and oxygen atoms in total. The Hall–Kier alpha value is -1.60. The van der Waals surface area contributed by atoms with Crippen molar-refractivity contribution in [2.45, 2.75) is 6.54 Å². The van der Waals surface area contributed by atoms with Crippen LogP contribution in [0.4, 0.5) is 5.69 Å². The molecule has 0 bridgehead atoms. The normalized spacial score (nSPS) is 10.3. The Bertz CT molecular complexity index is 677. The van der Waals surface area contributed by atoms with Crippen molar-refractivity contribution in [1.82, 2.24) is 5.32 Å². The number of rotatable bonds is 7. The number of anilines is 1. The van der Waals surface area contributed by atoms with Crippen molar-refractivity contribution in [2.24, 2.45) is 0 Å². The van der Waals surface area contributed by atoms with E-state index in [2.05, 4.69) is 10.6 Å². The predicted octanol–water partition coefficient (Wildman–Crippen LogP) is 3.33. The van der Waals surface area contributed by atoms with Crippen molar-refractivity contribution >= 4 is 52.0 Å². The summed E-state index contributed by atoms with van der Waals surface area (Å²) in [4.78, 5) is 24.4. The van der Waals surface area contributed by atoms with Gasteiger partial charge in [0.05, 0.1) is 22.3 Å². The third-order valence-electron chi connectivity index (χ3n) is 2.73. The number of benzene rings is 1. The standard InChI is InChI=1S/C15H14Cl2N2O3S/c16-11-4-1-5-12(15(11)17)19-14(21)9-22-8-13(20)18-7-10-3-2-6-23-10/h1-6H,7-9H2,(H,18,20)(H,19,21). The summed E-state index contributed by atoms with van der Waals surface area (Å²) in [6.45, 7) is 0.00150. The number of thiophene rings is 1. The Morgan fingerprint density at radius 3 is 2.61 bits per heavy atom. The van der Waals surface area contributed by atoms with E-state index in [1.54, 1.807) is 29.5 Å². The fraction of sp³-hybridized carbons (Fsp3) is 0.200. The van der Waals surface area contributed by atoms with Gasteiger partial charge in [0.25, 0.3) is 0 Å². The Labute approximate surface area is 147 Å². The first-order valence-electron chi connectivity index (χ1n) is 6.67. The van der Waals surface area contributed by atoms with Gasteiger partial charge in [-0.15, -0.1) is 11.3 Å². The minimum absolute atomic E-state index is 0.192. The molecule has 1 heterocycles. The molecule has 2 rings (SSSR count). The minimum Gasteiger partial charge on any atom is -0.362 e. The molecule has 0 aliphatic carbocycles. The van der Waals surface area contributed by atoms with Gasteiger partial charge in [0.1, 0.15) is 13.2 Å². The number of hydrogen-bond donors (Lipinski definition) is 2. The van der Waals surface area contributed by atoms with Crippen LogP contribution in [0.2, 0.25) is 10.0 Å². The van der Waals surface area contributed by atoms with Crippen molar-refractivity contribution in [3.8, 4) is 0 Å². The molecule has 0 unspecified atom stereocenters. The van der Waals surface area contributed by atoms with Gasteiger partial charge >= 0.3 is 0 Å². The summed E-state index contributed by atoms with van der Waals surface area (Å²) < 4.78 is 5.07. The number of hydrogen-bond acceptors (Lipinski definition) is 4. The fourth-order valence-electron chi connectivity index (χ4n) is 1.67. The van der Waals surface area contributed by atoms with Crippen LogP contribution < -0.4 is 10.6 Å². The quantitative estimate of drug-likeness (QED) is 0.783. The maximum absolute atomic E-state index is 11.7. The molecule has 2 N–H and O–H groups in total. The van der Waals surface area contributed by atoms with Crippen LogP contribution in [0.5, 0.6) is 0 Å². The van der Waals surface area contributed by atoms with Gasteiger partial charge in [-0.05, 0) is 23.6 Å². The lowest BCUT2D eigenvalue weighted by Crippen LogP contribution is -2.29. The van der Waals surface area contributed by atoms with Crippen molar-refractivity contribution in [3.05, 3.63) is 50.6 Å². The molecule has 23 heavy (non-hydrogen) atoms. The highest BCUT2D eigenvalue weighted by Crippen LogP contribution is 2.29. The molecule has 2 amide bonds. The van der Waals surface area contributed by atoms with E-state index in [1.807, 2.05) is 17.5 Å². The minimum atomic E-state index is -0.416. The topological polar surface area (TPSA) is 67.4 Å². The summed E-state index contributed by atoms with van der Waals surface area (Å²) >= 11 is 13.4. The van der Waals surface area contributed by atoms with Crippen LogP contribution in [-0.4, -0.2) is 25.0 Å². The molecule has 0 aliphatic rings. The van der Waals surface area contributed by atoms with Crippen LogP contribution in [-0.2, 0) is 20.9 Å². The van der Waals surface area contributed by atoms with E-state index in [9.17, 15) is 9.59 Å². The molecular formula is C15H14Cl2N2O3S. The number of nitrogens with one attached hydrogen (secondary N) is 2. The van der Waals surface area contributed by atoms with E-state index in [1.165, 1.54) is 0 Å². The summed E-state index contributed by atoms with van der Waals surface area (Å²) in [6, 6.07) is 8.75. The van der Waals surface area contributed by atoms with Crippen LogP contribution in [0.15, 0.2) is 35.7 Å². The highest BCUT2D eigenvalue weighted by Gasteiger charge is 2.09. The highest BCUT2D eigenvalue weighted by molar-refractivity contribution is 7.09. The van der Waals surface area contributed by atoms with Gasteiger partial charge in [0.15, 0.2) is 0 Å². The number of carbonyl (C=O) groups is 2. The number of ether oxygens (including phenoxy) is 1. The first-order chi connectivity index (χ1) is 11.1. The molecule has 0 radical (unpaired) electrons. The van der Waals surface area contributed by atoms with E-state index in [4.69, 9.17) is 27.9 Å². The maximum atomic E-state index is 11.7. The van der Waals surface area contributed by atoms with Crippen LogP contribution in [0.3, 0.4) is 0 Å². The molecule has 122 valence electrons. The molecule has 2 aromatic rings. The molecule has 0 aliphatic heterocycles. The second-order valence-corrected chi connectivity index (χ2v) is 6.32. The highest BCUT2D eigenvalue weighted by atomic mass is 35.5. The van der Waals surface area contributed by atoms with Gasteiger partial charge in [-0.3, -0.25) is 9.59 Å². The van der Waals surface area contributed by atoms with Gasteiger partial charge in [-0.25, -0.2) is 0 Å². The molecule has 0 atom stereocenters. The van der Waals surface area contributed by atoms with Gasteiger partial charge in [-0.2, -0.15) is 0 Å². The van der Waals surface area contributed by atoms with Crippen molar-refractivity contribution in [3.63, 3.8) is 0 Å². The predicted molar refractivity (Wildman–Crippen MR) is 92.1 cm³/mol. The second-order valence-electron chi connectivity index (χ2n) is 4.50. The van der Waals surface area contributed by atoms with E-state index >= 15 is 0 Å². The fourth-order valence-corrected chi connectivity index (χ4v) is 2.67. The van der Waals surface area contributed by atoms with Gasteiger partial charge < -0.3 is 15.4 Å². The first kappa shape index (κ1) is 17.7. The zero-order valence-corrected chi connectivity index (χ0v) is 14.3. The summed E-state index contributed by atoms with van der Waals surface area (Å²) in [6.07, 6.45) is 0. The molecule has 0 fully saturated rings. The van der Waals surface area contributed by atoms with Gasteiger partial charge in [-0.1, -0.05) is 35.3 Å². The van der Waals surface area contributed by atoms with E-state index in [0.717, 1.165) is 4.88 Å². The lowest BCUT2D eigenvalue weighted by molar-refractivity contribution is -0.128. The monoisotopic (exact) mass is 372 g/mol. The first-order valence-corrected chi connectivity index (χ1v) is 8.30. The zero-order valence-electron chi connectivity index (χ0n) is 12.0. The Balaban J connectivity index is 1.68. The Morgan fingerprint density at radius 1 is 1.09 bits per heavy atom. The third-order valence-corrected chi connectivity index (χ3v) is 4.43. The molecule has 0 saturated carbocycles.